The molecule has 3 N–H and O–H groups in total. The fraction of sp³-hybridized carbons (Fsp3) is 0.444. The van der Waals surface area contributed by atoms with E-state index in [1.165, 1.54) is 6.07 Å². The van der Waals surface area contributed by atoms with Crippen LogP contribution in [0.4, 0.5) is 0 Å². The summed E-state index contributed by atoms with van der Waals surface area (Å²) in [6.07, 6.45) is -2.50. The van der Waals surface area contributed by atoms with E-state index < -0.39 is 18.2 Å². The second kappa shape index (κ2) is 5.65. The van der Waals surface area contributed by atoms with Crippen LogP contribution in [-0.2, 0) is 0 Å². The Morgan fingerprint density at radius 2 is 2.29 bits per heavy atom. The van der Waals surface area contributed by atoms with Crippen molar-refractivity contribution in [3.05, 3.63) is 31.8 Å². The molecule has 0 aliphatic heterocycles. The van der Waals surface area contributed by atoms with Crippen molar-refractivity contribution in [2.75, 3.05) is 6.54 Å². The maximum atomic E-state index is 10.7. The van der Waals surface area contributed by atoms with Gasteiger partial charge in [-0.15, -0.1) is 11.3 Å². The Hall–Kier alpha value is -1.60. The largest absolute Gasteiger partial charge is 0.477 e. The zero-order valence-corrected chi connectivity index (χ0v) is 9.76. The lowest BCUT2D eigenvalue weighted by Crippen LogP contribution is -2.20. The Labute approximate surface area is 101 Å². The van der Waals surface area contributed by atoms with E-state index >= 15 is 0 Å². The molecule has 2 unspecified atom stereocenters. The molecule has 0 radical (unpaired) electrons. The van der Waals surface area contributed by atoms with Crippen LogP contribution in [0.3, 0.4) is 0 Å². The van der Waals surface area contributed by atoms with Crippen molar-refractivity contribution >= 4 is 17.3 Å². The van der Waals surface area contributed by atoms with Crippen molar-refractivity contribution in [1.82, 2.24) is 0 Å². The summed E-state index contributed by atoms with van der Waals surface area (Å²) in [5.74, 6) is -1.08. The Morgan fingerprint density at radius 3 is 2.76 bits per heavy atom. The standard InChI is InChI=1S/C9H11N3O4S/c1-4-2-6(9(15)16)17-8(4)7(14)5(13)3-11-12-10/h2,5,7,13-14H,3H2,1H3,(H,15,16). The number of rotatable bonds is 5. The van der Waals surface area contributed by atoms with E-state index in [1.807, 2.05) is 0 Å². The van der Waals surface area contributed by atoms with Crippen LogP contribution in [0.15, 0.2) is 11.2 Å². The first kappa shape index (κ1) is 13.5. The molecule has 0 fully saturated rings. The average molecular weight is 257 g/mol. The first-order chi connectivity index (χ1) is 7.97. The van der Waals surface area contributed by atoms with Crippen LogP contribution in [0.25, 0.3) is 10.4 Å². The van der Waals surface area contributed by atoms with Gasteiger partial charge in [0.1, 0.15) is 11.0 Å². The normalized spacial score (nSPS) is 13.8. The molecule has 1 aromatic rings. The molecule has 1 aromatic heterocycles. The Kier molecular flexibility index (Phi) is 4.47. The smallest absolute Gasteiger partial charge is 0.345 e. The predicted octanol–water partition coefficient (Wildman–Crippen LogP) is 1.46. The number of carbonyl (C=O) groups is 1. The summed E-state index contributed by atoms with van der Waals surface area (Å²) < 4.78 is 0. The topological polar surface area (TPSA) is 127 Å². The second-order valence-electron chi connectivity index (χ2n) is 3.39. The van der Waals surface area contributed by atoms with Gasteiger partial charge in [0, 0.05) is 9.79 Å². The van der Waals surface area contributed by atoms with Gasteiger partial charge in [-0.3, -0.25) is 0 Å². The fourth-order valence-electron chi connectivity index (χ4n) is 1.29. The number of azide groups is 1. The lowest BCUT2D eigenvalue weighted by atomic mass is 10.1. The van der Waals surface area contributed by atoms with Crippen molar-refractivity contribution in [3.8, 4) is 0 Å². The third kappa shape index (κ3) is 3.18. The number of thiophene rings is 1. The minimum Gasteiger partial charge on any atom is -0.477 e. The van der Waals surface area contributed by atoms with Gasteiger partial charge in [0.25, 0.3) is 0 Å². The van der Waals surface area contributed by atoms with Gasteiger partial charge in [-0.1, -0.05) is 5.11 Å². The van der Waals surface area contributed by atoms with E-state index in [0.717, 1.165) is 11.3 Å². The van der Waals surface area contributed by atoms with Crippen LogP contribution in [-0.4, -0.2) is 33.9 Å². The zero-order valence-electron chi connectivity index (χ0n) is 8.94. The number of nitrogens with zero attached hydrogens (tertiary/aromatic N) is 3. The summed E-state index contributed by atoms with van der Waals surface area (Å²) in [6.45, 7) is 1.37. The van der Waals surface area contributed by atoms with Gasteiger partial charge in [-0.05, 0) is 24.1 Å². The first-order valence-electron chi connectivity index (χ1n) is 4.68. The number of aryl methyl sites for hydroxylation is 1. The fourth-order valence-corrected chi connectivity index (χ4v) is 2.35. The van der Waals surface area contributed by atoms with E-state index in [1.54, 1.807) is 6.92 Å². The number of aliphatic hydroxyl groups excluding tert-OH is 2. The van der Waals surface area contributed by atoms with Crippen LogP contribution in [0.5, 0.6) is 0 Å². The number of carboxylic acids is 1. The molecular weight excluding hydrogens is 246 g/mol. The average Bonchev–Trinajstić information content (AvgIpc) is 2.67. The van der Waals surface area contributed by atoms with Crippen molar-refractivity contribution in [3.63, 3.8) is 0 Å². The summed E-state index contributed by atoms with van der Waals surface area (Å²) in [5, 5.41) is 31.2. The molecule has 92 valence electrons. The Bertz CT molecular complexity index is 467. The van der Waals surface area contributed by atoms with E-state index in [0.29, 0.717) is 10.4 Å². The molecule has 0 aliphatic carbocycles. The highest BCUT2D eigenvalue weighted by Gasteiger charge is 2.23. The number of aliphatic hydroxyl groups is 2. The van der Waals surface area contributed by atoms with Crippen molar-refractivity contribution < 1.29 is 20.1 Å². The molecule has 0 aliphatic rings. The molecule has 0 spiro atoms. The van der Waals surface area contributed by atoms with Gasteiger partial charge in [0.2, 0.25) is 0 Å². The number of aromatic carboxylic acids is 1. The summed E-state index contributed by atoms with van der Waals surface area (Å²) >= 11 is 0.893. The van der Waals surface area contributed by atoms with Gasteiger partial charge in [0.15, 0.2) is 0 Å². The van der Waals surface area contributed by atoms with Crippen molar-refractivity contribution in [2.24, 2.45) is 5.11 Å². The molecule has 17 heavy (non-hydrogen) atoms. The highest BCUT2D eigenvalue weighted by atomic mass is 32.1. The zero-order chi connectivity index (χ0) is 13.0. The van der Waals surface area contributed by atoms with Gasteiger partial charge in [0.05, 0.1) is 12.6 Å². The monoisotopic (exact) mass is 257 g/mol. The number of hydrogen-bond acceptors (Lipinski definition) is 5. The summed E-state index contributed by atoms with van der Waals surface area (Å²) in [5.41, 5.74) is 8.67. The van der Waals surface area contributed by atoms with Crippen LogP contribution in [0, 0.1) is 6.92 Å². The number of hydrogen-bond donors (Lipinski definition) is 3. The summed E-state index contributed by atoms with van der Waals surface area (Å²) in [6, 6.07) is 1.42. The highest BCUT2D eigenvalue weighted by molar-refractivity contribution is 7.14. The molecule has 1 heterocycles. The van der Waals surface area contributed by atoms with Gasteiger partial charge >= 0.3 is 5.97 Å². The van der Waals surface area contributed by atoms with Gasteiger partial charge < -0.3 is 15.3 Å². The quantitative estimate of drug-likeness (QED) is 0.419. The second-order valence-corrected chi connectivity index (χ2v) is 4.47. The van der Waals surface area contributed by atoms with Crippen molar-refractivity contribution in [2.45, 2.75) is 19.1 Å². The number of carboxylic acid groups (broad SMARTS) is 1. The molecule has 7 nitrogen and oxygen atoms in total. The first-order valence-corrected chi connectivity index (χ1v) is 5.49. The SMILES string of the molecule is Cc1cc(C(=O)O)sc1C(O)C(O)CN=[N+]=[N-]. The Balaban J connectivity index is 2.91. The lowest BCUT2D eigenvalue weighted by molar-refractivity contribution is 0.0263. The molecule has 0 saturated carbocycles. The van der Waals surface area contributed by atoms with Crippen LogP contribution in [0.1, 0.15) is 26.2 Å². The van der Waals surface area contributed by atoms with E-state index in [9.17, 15) is 15.0 Å². The van der Waals surface area contributed by atoms with Crippen molar-refractivity contribution in [1.29, 1.82) is 0 Å². The van der Waals surface area contributed by atoms with E-state index in [4.69, 9.17) is 10.6 Å². The van der Waals surface area contributed by atoms with Gasteiger partial charge in [-0.2, -0.15) is 0 Å². The summed E-state index contributed by atoms with van der Waals surface area (Å²) in [4.78, 5) is 13.7. The van der Waals surface area contributed by atoms with E-state index in [2.05, 4.69) is 10.0 Å². The molecule has 1 rings (SSSR count). The third-order valence-electron chi connectivity index (χ3n) is 2.13. The van der Waals surface area contributed by atoms with Crippen LogP contribution < -0.4 is 0 Å². The van der Waals surface area contributed by atoms with Crippen LogP contribution >= 0.6 is 11.3 Å². The molecule has 0 aromatic carbocycles. The predicted molar refractivity (Wildman–Crippen MR) is 61.0 cm³/mol. The molecule has 0 amide bonds. The summed E-state index contributed by atoms with van der Waals surface area (Å²) in [7, 11) is 0. The van der Waals surface area contributed by atoms with Gasteiger partial charge in [-0.25, -0.2) is 4.79 Å². The minimum absolute atomic E-state index is 0.0903. The molecule has 0 bridgehead atoms. The van der Waals surface area contributed by atoms with E-state index in [-0.39, 0.29) is 11.4 Å². The lowest BCUT2D eigenvalue weighted by Gasteiger charge is -2.15. The minimum atomic E-state index is -1.25. The third-order valence-corrected chi connectivity index (χ3v) is 3.43. The highest BCUT2D eigenvalue weighted by Crippen LogP contribution is 2.30. The molecule has 8 heteroatoms. The van der Waals surface area contributed by atoms with Crippen LogP contribution in [0.2, 0.25) is 0 Å². The molecule has 0 saturated heterocycles. The molecular formula is C9H11N3O4S. The molecule has 2 atom stereocenters. The maximum Gasteiger partial charge on any atom is 0.345 e. The maximum absolute atomic E-state index is 10.7. The Morgan fingerprint density at radius 1 is 1.65 bits per heavy atom.